The molecule has 0 radical (unpaired) electrons. The highest BCUT2D eigenvalue weighted by atomic mass is 16.2. The maximum absolute atomic E-state index is 11.3. The fourth-order valence-electron chi connectivity index (χ4n) is 1.14. The van der Waals surface area contributed by atoms with E-state index in [1.807, 2.05) is 6.92 Å². The third-order valence-corrected chi connectivity index (χ3v) is 1.81. The van der Waals surface area contributed by atoms with E-state index in [1.165, 1.54) is 0 Å². The van der Waals surface area contributed by atoms with Crippen LogP contribution in [-0.2, 0) is 9.59 Å². The highest BCUT2D eigenvalue weighted by molar-refractivity contribution is 6.02. The minimum absolute atomic E-state index is 0.00128. The first-order valence-electron chi connectivity index (χ1n) is 4.51. The summed E-state index contributed by atoms with van der Waals surface area (Å²) in [5.41, 5.74) is 0. The minimum atomic E-state index is -0.734. The fraction of sp³-hybridized carbons (Fsp3) is 0.625. The average Bonchev–Trinajstić information content (AvgIpc) is 2.12. The Bertz CT molecular complexity index is 249. The van der Waals surface area contributed by atoms with E-state index in [0.29, 0.717) is 6.54 Å². The van der Waals surface area contributed by atoms with Gasteiger partial charge >= 0.3 is 6.03 Å². The van der Waals surface area contributed by atoms with Gasteiger partial charge in [-0.2, -0.15) is 0 Å². The van der Waals surface area contributed by atoms with Crippen molar-refractivity contribution in [2.24, 2.45) is 0 Å². The number of amides is 4. The molecule has 1 saturated heterocycles. The van der Waals surface area contributed by atoms with Gasteiger partial charge in [0.05, 0.1) is 6.42 Å². The molecule has 1 aliphatic rings. The molecule has 1 unspecified atom stereocenters. The van der Waals surface area contributed by atoms with Gasteiger partial charge < -0.3 is 10.6 Å². The predicted octanol–water partition coefficient (Wildman–Crippen LogP) is -0.889. The smallest absolute Gasteiger partial charge is 0.322 e. The topological polar surface area (TPSA) is 87.3 Å². The molecule has 6 heteroatoms. The second kappa shape index (κ2) is 4.59. The molecule has 1 aliphatic heterocycles. The van der Waals surface area contributed by atoms with Crippen molar-refractivity contribution >= 4 is 17.8 Å². The molecular formula is C8H13N3O3. The van der Waals surface area contributed by atoms with Crippen molar-refractivity contribution in [3.05, 3.63) is 0 Å². The highest BCUT2D eigenvalue weighted by Crippen LogP contribution is 1.97. The molecule has 4 amide bonds. The number of hydrogen-bond donors (Lipinski definition) is 3. The van der Waals surface area contributed by atoms with Crippen molar-refractivity contribution in [2.75, 3.05) is 6.54 Å². The zero-order chi connectivity index (χ0) is 10.6. The summed E-state index contributed by atoms with van der Waals surface area (Å²) in [6, 6.07) is -1.35. The highest BCUT2D eigenvalue weighted by Gasteiger charge is 2.28. The van der Waals surface area contributed by atoms with Crippen LogP contribution in [0.15, 0.2) is 0 Å². The summed E-state index contributed by atoms with van der Waals surface area (Å²) in [6.07, 6.45) is 0.819. The Morgan fingerprint density at radius 1 is 1.57 bits per heavy atom. The van der Waals surface area contributed by atoms with Crippen LogP contribution in [0.4, 0.5) is 4.79 Å². The molecule has 1 heterocycles. The maximum atomic E-state index is 11.3. The van der Waals surface area contributed by atoms with Gasteiger partial charge in [-0.1, -0.05) is 6.92 Å². The Hall–Kier alpha value is -1.59. The van der Waals surface area contributed by atoms with Crippen molar-refractivity contribution < 1.29 is 14.4 Å². The van der Waals surface area contributed by atoms with Crippen LogP contribution in [0.25, 0.3) is 0 Å². The molecule has 0 aromatic heterocycles. The zero-order valence-electron chi connectivity index (χ0n) is 7.92. The Balaban J connectivity index is 2.46. The van der Waals surface area contributed by atoms with Gasteiger partial charge in [-0.05, 0) is 6.42 Å². The Morgan fingerprint density at radius 3 is 2.86 bits per heavy atom. The van der Waals surface area contributed by atoms with Crippen LogP contribution in [-0.4, -0.2) is 30.4 Å². The fourth-order valence-corrected chi connectivity index (χ4v) is 1.14. The molecule has 6 nitrogen and oxygen atoms in total. The molecule has 0 aromatic rings. The monoisotopic (exact) mass is 199 g/mol. The number of carbonyl (C=O) groups is 3. The molecule has 0 saturated carbocycles. The molecule has 1 rings (SSSR count). The van der Waals surface area contributed by atoms with E-state index >= 15 is 0 Å². The number of rotatable bonds is 3. The van der Waals surface area contributed by atoms with Gasteiger partial charge in [-0.15, -0.1) is 0 Å². The van der Waals surface area contributed by atoms with Crippen LogP contribution in [0.5, 0.6) is 0 Å². The van der Waals surface area contributed by atoms with Gasteiger partial charge in [0.25, 0.3) is 0 Å². The first-order chi connectivity index (χ1) is 6.63. The number of carbonyl (C=O) groups excluding carboxylic acids is 3. The second-order valence-electron chi connectivity index (χ2n) is 3.07. The first kappa shape index (κ1) is 10.5. The summed E-state index contributed by atoms with van der Waals surface area (Å²) in [5.74, 6) is -0.736. The molecular weight excluding hydrogens is 186 g/mol. The largest absolute Gasteiger partial charge is 0.354 e. The summed E-state index contributed by atoms with van der Waals surface area (Å²) in [7, 11) is 0. The van der Waals surface area contributed by atoms with Gasteiger partial charge in [0, 0.05) is 6.54 Å². The van der Waals surface area contributed by atoms with E-state index in [1.54, 1.807) is 0 Å². The lowest BCUT2D eigenvalue weighted by molar-refractivity contribution is -0.128. The molecule has 1 fully saturated rings. The summed E-state index contributed by atoms with van der Waals surface area (Å²) in [6.45, 7) is 2.47. The van der Waals surface area contributed by atoms with Crippen LogP contribution in [0.1, 0.15) is 19.8 Å². The van der Waals surface area contributed by atoms with Crippen LogP contribution >= 0.6 is 0 Å². The Labute approximate surface area is 81.4 Å². The van der Waals surface area contributed by atoms with E-state index in [2.05, 4.69) is 16.0 Å². The van der Waals surface area contributed by atoms with E-state index < -0.39 is 18.0 Å². The summed E-state index contributed by atoms with van der Waals surface area (Å²) >= 11 is 0. The molecule has 0 aliphatic carbocycles. The maximum Gasteiger partial charge on any atom is 0.322 e. The Morgan fingerprint density at radius 2 is 2.29 bits per heavy atom. The average molecular weight is 199 g/mol. The van der Waals surface area contributed by atoms with Gasteiger partial charge in [-0.3, -0.25) is 14.9 Å². The van der Waals surface area contributed by atoms with E-state index in [-0.39, 0.29) is 12.3 Å². The predicted molar refractivity (Wildman–Crippen MR) is 48.4 cm³/mol. The van der Waals surface area contributed by atoms with Crippen molar-refractivity contribution in [3.63, 3.8) is 0 Å². The van der Waals surface area contributed by atoms with Gasteiger partial charge in [0.1, 0.15) is 6.04 Å². The number of imide groups is 1. The van der Waals surface area contributed by atoms with Crippen LogP contribution in [0, 0.1) is 0 Å². The molecule has 0 bridgehead atoms. The first-order valence-corrected chi connectivity index (χ1v) is 4.51. The SMILES string of the molecule is CCCNC(=O)C1CC(=O)NC(=O)N1. The normalized spacial score (nSPS) is 21.1. The summed E-state index contributed by atoms with van der Waals surface area (Å²) < 4.78 is 0. The number of nitrogens with one attached hydrogen (secondary N) is 3. The lowest BCUT2D eigenvalue weighted by Gasteiger charge is -2.21. The van der Waals surface area contributed by atoms with Gasteiger partial charge in [-0.25, -0.2) is 4.79 Å². The molecule has 0 aromatic carbocycles. The van der Waals surface area contributed by atoms with Crippen LogP contribution in [0.3, 0.4) is 0 Å². The molecule has 14 heavy (non-hydrogen) atoms. The lowest BCUT2D eigenvalue weighted by atomic mass is 10.1. The second-order valence-corrected chi connectivity index (χ2v) is 3.07. The minimum Gasteiger partial charge on any atom is -0.354 e. The van der Waals surface area contributed by atoms with Crippen molar-refractivity contribution in [2.45, 2.75) is 25.8 Å². The lowest BCUT2D eigenvalue weighted by Crippen LogP contribution is -2.57. The third kappa shape index (κ3) is 2.72. The quantitative estimate of drug-likeness (QED) is 0.551. The third-order valence-electron chi connectivity index (χ3n) is 1.81. The molecule has 78 valence electrons. The zero-order valence-corrected chi connectivity index (χ0v) is 7.92. The van der Waals surface area contributed by atoms with E-state index in [9.17, 15) is 14.4 Å². The van der Waals surface area contributed by atoms with E-state index in [0.717, 1.165) is 6.42 Å². The number of hydrogen-bond acceptors (Lipinski definition) is 3. The summed E-state index contributed by atoms with van der Waals surface area (Å²) in [4.78, 5) is 33.1. The van der Waals surface area contributed by atoms with Crippen molar-refractivity contribution in [1.29, 1.82) is 0 Å². The van der Waals surface area contributed by atoms with Crippen molar-refractivity contribution in [1.82, 2.24) is 16.0 Å². The summed E-state index contributed by atoms with van der Waals surface area (Å²) in [5, 5.41) is 7.03. The van der Waals surface area contributed by atoms with Gasteiger partial charge in [0.2, 0.25) is 11.8 Å². The standard InChI is InChI=1S/C8H13N3O3/c1-2-3-9-7(13)5-4-6(12)11-8(14)10-5/h5H,2-4H2,1H3,(H,9,13)(H2,10,11,12,14). The molecule has 3 N–H and O–H groups in total. The van der Waals surface area contributed by atoms with Crippen LogP contribution in [0.2, 0.25) is 0 Å². The van der Waals surface area contributed by atoms with Crippen LogP contribution < -0.4 is 16.0 Å². The molecule has 0 spiro atoms. The number of urea groups is 1. The Kier molecular flexibility index (Phi) is 3.44. The van der Waals surface area contributed by atoms with Crippen molar-refractivity contribution in [3.8, 4) is 0 Å². The van der Waals surface area contributed by atoms with Gasteiger partial charge in [0.15, 0.2) is 0 Å². The molecule has 1 atom stereocenters. The van der Waals surface area contributed by atoms with E-state index in [4.69, 9.17) is 0 Å².